The van der Waals surface area contributed by atoms with Gasteiger partial charge in [0.25, 0.3) is 0 Å². The van der Waals surface area contributed by atoms with Crippen molar-refractivity contribution in [3.05, 3.63) is 82.9 Å². The molecule has 0 bridgehead atoms. The summed E-state index contributed by atoms with van der Waals surface area (Å²) in [5.41, 5.74) is 11.2. The lowest BCUT2D eigenvalue weighted by molar-refractivity contribution is 0.660. The maximum absolute atomic E-state index is 2.34. The third-order valence-electron chi connectivity index (χ3n) is 5.36. The summed E-state index contributed by atoms with van der Waals surface area (Å²) in [5.74, 6) is 0. The van der Waals surface area contributed by atoms with Gasteiger partial charge in [-0.2, -0.15) is 0 Å². The number of aryl methyl sites for hydroxylation is 2. The number of hydrogen-bond acceptors (Lipinski definition) is 0. The lowest BCUT2D eigenvalue weighted by atomic mass is 9.81. The summed E-state index contributed by atoms with van der Waals surface area (Å²) in [5, 5.41) is 0. The average Bonchev–Trinajstić information content (AvgIpc) is 2.77. The van der Waals surface area contributed by atoms with Crippen LogP contribution in [0.5, 0.6) is 0 Å². The molecule has 3 aromatic carbocycles. The molecule has 0 nitrogen and oxygen atoms in total. The Balaban J connectivity index is 0.00000169. The Labute approximate surface area is 146 Å². The van der Waals surface area contributed by atoms with Gasteiger partial charge in [-0.1, -0.05) is 81.9 Å². The molecule has 0 fully saturated rings. The molecule has 0 aromatic heterocycles. The number of benzene rings is 3. The molecule has 0 spiro atoms. The van der Waals surface area contributed by atoms with Gasteiger partial charge in [-0.3, -0.25) is 0 Å². The van der Waals surface area contributed by atoms with Crippen molar-refractivity contribution in [1.82, 2.24) is 0 Å². The zero-order valence-electron chi connectivity index (χ0n) is 14.3. The molecule has 0 saturated heterocycles. The first-order valence-corrected chi connectivity index (χ1v) is 8.32. The van der Waals surface area contributed by atoms with Gasteiger partial charge < -0.3 is 0 Å². The predicted molar refractivity (Wildman–Crippen MR) is 106 cm³/mol. The summed E-state index contributed by atoms with van der Waals surface area (Å²) in [7, 11) is 0. The van der Waals surface area contributed by atoms with Crippen LogP contribution in [0, 0.1) is 13.8 Å². The van der Waals surface area contributed by atoms with Gasteiger partial charge >= 0.3 is 0 Å². The molecular formula is C24H26. The maximum Gasteiger partial charge on any atom is 0.0159 e. The molecular weight excluding hydrogens is 288 g/mol. The fraction of sp³-hybridized carbons (Fsp3) is 0.250. The van der Waals surface area contributed by atoms with Gasteiger partial charge in [-0.25, -0.2) is 0 Å². The third-order valence-corrected chi connectivity index (χ3v) is 5.36. The van der Waals surface area contributed by atoms with Gasteiger partial charge in [-0.15, -0.1) is 0 Å². The Morgan fingerprint density at radius 2 is 1.12 bits per heavy atom. The van der Waals surface area contributed by atoms with Gasteiger partial charge in [0, 0.05) is 5.41 Å². The van der Waals surface area contributed by atoms with E-state index in [1.165, 1.54) is 44.5 Å². The molecule has 0 saturated carbocycles. The Hall–Kier alpha value is -2.34. The van der Waals surface area contributed by atoms with Crippen LogP contribution in [0.4, 0.5) is 0 Å². The minimum Gasteiger partial charge on any atom is -0.0776 e. The van der Waals surface area contributed by atoms with Crippen LogP contribution < -0.4 is 0 Å². The van der Waals surface area contributed by atoms with E-state index in [2.05, 4.69) is 88.4 Å². The summed E-state index contributed by atoms with van der Waals surface area (Å²) in [6, 6.07) is 22.3. The molecule has 3 aromatic rings. The van der Waals surface area contributed by atoms with Gasteiger partial charge in [0.05, 0.1) is 0 Å². The second-order valence-electron chi connectivity index (χ2n) is 7.17. The van der Waals surface area contributed by atoms with E-state index in [9.17, 15) is 0 Å². The third kappa shape index (κ3) is 2.13. The molecule has 0 heteroatoms. The highest BCUT2D eigenvalue weighted by Gasteiger charge is 2.36. The second kappa shape index (κ2) is 5.63. The average molecular weight is 314 g/mol. The van der Waals surface area contributed by atoms with Crippen LogP contribution in [0.2, 0.25) is 0 Å². The smallest absolute Gasteiger partial charge is 0.0159 e. The van der Waals surface area contributed by atoms with Gasteiger partial charge in [0.1, 0.15) is 0 Å². The van der Waals surface area contributed by atoms with E-state index in [-0.39, 0.29) is 12.8 Å². The molecule has 0 aliphatic heterocycles. The van der Waals surface area contributed by atoms with Crippen molar-refractivity contribution >= 4 is 0 Å². The highest BCUT2D eigenvalue weighted by Crippen LogP contribution is 2.52. The summed E-state index contributed by atoms with van der Waals surface area (Å²) < 4.78 is 0. The van der Waals surface area contributed by atoms with E-state index in [0.29, 0.717) is 0 Å². The molecule has 0 atom stereocenters. The molecule has 0 unspecified atom stereocenters. The van der Waals surface area contributed by atoms with E-state index in [1.54, 1.807) is 0 Å². The topological polar surface area (TPSA) is 0 Å². The number of hydrogen-bond donors (Lipinski definition) is 0. The van der Waals surface area contributed by atoms with E-state index in [4.69, 9.17) is 0 Å². The van der Waals surface area contributed by atoms with Crippen molar-refractivity contribution in [2.45, 2.75) is 40.5 Å². The van der Waals surface area contributed by atoms with Crippen LogP contribution in [0.1, 0.15) is 43.5 Å². The summed E-state index contributed by atoms with van der Waals surface area (Å²) in [4.78, 5) is 0. The van der Waals surface area contributed by atoms with Crippen molar-refractivity contribution in [2.24, 2.45) is 0 Å². The molecule has 0 radical (unpaired) electrons. The summed E-state index contributed by atoms with van der Waals surface area (Å²) in [6.45, 7) is 9.11. The molecule has 0 amide bonds. The highest BCUT2D eigenvalue weighted by molar-refractivity contribution is 5.93. The van der Waals surface area contributed by atoms with Crippen LogP contribution >= 0.6 is 0 Å². The zero-order valence-corrected chi connectivity index (χ0v) is 14.3. The summed E-state index contributed by atoms with van der Waals surface area (Å²) in [6.07, 6.45) is 0. The molecule has 1 aliphatic carbocycles. The predicted octanol–water partition coefficient (Wildman–Crippen LogP) is 6.91. The molecule has 24 heavy (non-hydrogen) atoms. The Morgan fingerprint density at radius 1 is 0.583 bits per heavy atom. The Morgan fingerprint density at radius 3 is 1.83 bits per heavy atom. The van der Waals surface area contributed by atoms with Crippen molar-refractivity contribution in [3.8, 4) is 22.3 Å². The Bertz CT molecular complexity index is 893. The van der Waals surface area contributed by atoms with Crippen molar-refractivity contribution in [2.75, 3.05) is 0 Å². The Kier molecular flexibility index (Phi) is 3.87. The van der Waals surface area contributed by atoms with Crippen LogP contribution in [0.25, 0.3) is 22.3 Å². The number of rotatable bonds is 1. The molecule has 0 heterocycles. The fourth-order valence-electron chi connectivity index (χ4n) is 4.20. The van der Waals surface area contributed by atoms with E-state index in [0.717, 1.165) is 0 Å². The monoisotopic (exact) mass is 314 g/mol. The van der Waals surface area contributed by atoms with Crippen LogP contribution in [0.3, 0.4) is 0 Å². The van der Waals surface area contributed by atoms with Crippen LogP contribution in [-0.4, -0.2) is 0 Å². The maximum atomic E-state index is 2.34. The standard InChI is InChI=1S/C23H22.CH4/c1-15-9-7-10-16(2)21(15)18-12-8-14-20-22(18)17-11-5-6-13-19(17)23(20,3)4;/h5-14H,1-4H3;1H4. The quantitative estimate of drug-likeness (QED) is 0.457. The first-order chi connectivity index (χ1) is 11.0. The van der Waals surface area contributed by atoms with E-state index >= 15 is 0 Å². The highest BCUT2D eigenvalue weighted by atomic mass is 14.4. The fourth-order valence-corrected chi connectivity index (χ4v) is 4.20. The van der Waals surface area contributed by atoms with E-state index in [1.807, 2.05) is 0 Å². The van der Waals surface area contributed by atoms with Gasteiger partial charge in [0.2, 0.25) is 0 Å². The first-order valence-electron chi connectivity index (χ1n) is 8.32. The second-order valence-corrected chi connectivity index (χ2v) is 7.17. The number of fused-ring (bicyclic) bond motifs is 3. The molecule has 0 N–H and O–H groups in total. The lowest BCUT2D eigenvalue weighted by Gasteiger charge is -2.22. The van der Waals surface area contributed by atoms with Crippen molar-refractivity contribution in [1.29, 1.82) is 0 Å². The van der Waals surface area contributed by atoms with Crippen molar-refractivity contribution in [3.63, 3.8) is 0 Å². The normalized spacial score (nSPS) is 13.8. The largest absolute Gasteiger partial charge is 0.0776 e. The summed E-state index contributed by atoms with van der Waals surface area (Å²) >= 11 is 0. The minimum absolute atomic E-state index is 0. The van der Waals surface area contributed by atoms with Gasteiger partial charge in [-0.05, 0) is 58.4 Å². The van der Waals surface area contributed by atoms with E-state index < -0.39 is 0 Å². The lowest BCUT2D eigenvalue weighted by Crippen LogP contribution is -2.14. The van der Waals surface area contributed by atoms with Gasteiger partial charge in [0.15, 0.2) is 0 Å². The van der Waals surface area contributed by atoms with Crippen molar-refractivity contribution < 1.29 is 0 Å². The van der Waals surface area contributed by atoms with Crippen LogP contribution in [-0.2, 0) is 5.41 Å². The SMILES string of the molecule is C.Cc1cccc(C)c1-c1cccc2c1-c1ccccc1C2(C)C. The first kappa shape index (κ1) is 16.5. The van der Waals surface area contributed by atoms with Crippen LogP contribution in [0.15, 0.2) is 60.7 Å². The molecule has 1 aliphatic rings. The zero-order chi connectivity index (χ0) is 16.2. The molecule has 122 valence electrons. The minimum atomic E-state index is 0. The molecule has 4 rings (SSSR count).